The van der Waals surface area contributed by atoms with E-state index in [0.29, 0.717) is 0 Å². The van der Waals surface area contributed by atoms with Gasteiger partial charge >= 0.3 is 0 Å². The largest absolute Gasteiger partial charge is 0.325 e. The summed E-state index contributed by atoms with van der Waals surface area (Å²) >= 11 is 0. The molecule has 0 bridgehead atoms. The van der Waals surface area contributed by atoms with E-state index in [1.807, 2.05) is 24.3 Å². The molecule has 0 aliphatic carbocycles. The lowest BCUT2D eigenvalue weighted by Crippen LogP contribution is -2.25. The topological polar surface area (TPSA) is 71.8 Å². The number of rotatable bonds is 4. The van der Waals surface area contributed by atoms with E-state index in [1.165, 1.54) is 0 Å². The molecule has 88 valence electrons. The van der Waals surface area contributed by atoms with Crippen LogP contribution in [-0.2, 0) is 4.79 Å². The lowest BCUT2D eigenvalue weighted by Gasteiger charge is -2.07. The zero-order chi connectivity index (χ0) is 12.1. The first-order valence-electron chi connectivity index (χ1n) is 5.19. The van der Waals surface area contributed by atoms with E-state index in [4.69, 9.17) is 0 Å². The SMILES string of the molecule is CNCC(=O)Nc1cccc(-n2cnnc2)c1. The van der Waals surface area contributed by atoms with E-state index in [-0.39, 0.29) is 12.5 Å². The smallest absolute Gasteiger partial charge is 0.238 e. The molecule has 1 amide bonds. The fourth-order valence-electron chi connectivity index (χ4n) is 1.44. The summed E-state index contributed by atoms with van der Waals surface area (Å²) in [5.41, 5.74) is 1.65. The van der Waals surface area contributed by atoms with Crippen molar-refractivity contribution < 1.29 is 4.79 Å². The van der Waals surface area contributed by atoms with Crippen LogP contribution in [-0.4, -0.2) is 34.3 Å². The minimum absolute atomic E-state index is 0.0755. The standard InChI is InChI=1S/C11H13N5O/c1-12-6-11(17)15-9-3-2-4-10(5-9)16-7-13-14-8-16/h2-5,7-8,12H,6H2,1H3,(H,15,17). The molecular weight excluding hydrogens is 218 g/mol. The highest BCUT2D eigenvalue weighted by molar-refractivity contribution is 5.92. The molecule has 0 aliphatic heterocycles. The van der Waals surface area contributed by atoms with Crippen LogP contribution in [0.4, 0.5) is 5.69 Å². The Morgan fingerprint density at radius 1 is 1.35 bits per heavy atom. The van der Waals surface area contributed by atoms with Gasteiger partial charge in [0.15, 0.2) is 0 Å². The van der Waals surface area contributed by atoms with Gasteiger partial charge in [0.25, 0.3) is 0 Å². The highest BCUT2D eigenvalue weighted by Gasteiger charge is 2.02. The van der Waals surface area contributed by atoms with E-state index < -0.39 is 0 Å². The van der Waals surface area contributed by atoms with Crippen molar-refractivity contribution in [2.75, 3.05) is 18.9 Å². The number of likely N-dealkylation sites (N-methyl/N-ethyl adjacent to an activating group) is 1. The van der Waals surface area contributed by atoms with Gasteiger partial charge in [-0.05, 0) is 25.2 Å². The van der Waals surface area contributed by atoms with Gasteiger partial charge in [-0.15, -0.1) is 10.2 Å². The predicted octanol–water partition coefficient (Wildman–Crippen LogP) is 0.425. The summed E-state index contributed by atoms with van der Waals surface area (Å²) in [6.45, 7) is 0.289. The lowest BCUT2D eigenvalue weighted by atomic mass is 10.2. The Bertz CT molecular complexity index is 494. The normalized spacial score (nSPS) is 10.2. The monoisotopic (exact) mass is 231 g/mol. The van der Waals surface area contributed by atoms with Gasteiger partial charge in [-0.2, -0.15) is 0 Å². The maximum Gasteiger partial charge on any atom is 0.238 e. The minimum Gasteiger partial charge on any atom is -0.325 e. The number of carbonyl (C=O) groups excluding carboxylic acids is 1. The molecule has 0 saturated carbocycles. The maximum atomic E-state index is 11.4. The lowest BCUT2D eigenvalue weighted by molar-refractivity contribution is -0.115. The fraction of sp³-hybridized carbons (Fsp3) is 0.182. The summed E-state index contributed by atoms with van der Waals surface area (Å²) in [6.07, 6.45) is 3.21. The van der Waals surface area contributed by atoms with E-state index in [9.17, 15) is 4.79 Å². The third-order valence-corrected chi connectivity index (χ3v) is 2.18. The van der Waals surface area contributed by atoms with Gasteiger partial charge in [0.2, 0.25) is 5.91 Å². The molecular formula is C11H13N5O. The molecule has 0 radical (unpaired) electrons. The number of carbonyl (C=O) groups is 1. The Kier molecular flexibility index (Phi) is 3.46. The Hall–Kier alpha value is -2.21. The Labute approximate surface area is 98.7 Å². The van der Waals surface area contributed by atoms with Crippen molar-refractivity contribution in [1.82, 2.24) is 20.1 Å². The highest BCUT2D eigenvalue weighted by Crippen LogP contribution is 2.13. The summed E-state index contributed by atoms with van der Waals surface area (Å²) in [5.74, 6) is -0.0755. The van der Waals surface area contributed by atoms with Gasteiger partial charge < -0.3 is 10.6 Å². The number of hydrogen-bond acceptors (Lipinski definition) is 4. The second-order valence-electron chi connectivity index (χ2n) is 3.50. The summed E-state index contributed by atoms with van der Waals surface area (Å²) < 4.78 is 1.77. The van der Waals surface area contributed by atoms with E-state index in [2.05, 4.69) is 20.8 Å². The molecule has 0 spiro atoms. The number of nitrogens with one attached hydrogen (secondary N) is 2. The van der Waals surface area contributed by atoms with Crippen LogP contribution in [0, 0.1) is 0 Å². The Morgan fingerprint density at radius 2 is 2.12 bits per heavy atom. The third kappa shape index (κ3) is 2.88. The van der Waals surface area contributed by atoms with Crippen LogP contribution in [0.15, 0.2) is 36.9 Å². The van der Waals surface area contributed by atoms with E-state index in [1.54, 1.807) is 24.3 Å². The van der Waals surface area contributed by atoms with Crippen LogP contribution in [0.25, 0.3) is 5.69 Å². The Balaban J connectivity index is 2.15. The zero-order valence-electron chi connectivity index (χ0n) is 9.42. The molecule has 1 heterocycles. The molecule has 17 heavy (non-hydrogen) atoms. The van der Waals surface area contributed by atoms with Gasteiger partial charge in [-0.3, -0.25) is 9.36 Å². The molecule has 6 heteroatoms. The quantitative estimate of drug-likeness (QED) is 0.800. The van der Waals surface area contributed by atoms with Crippen LogP contribution < -0.4 is 10.6 Å². The first-order valence-corrected chi connectivity index (χ1v) is 5.19. The summed E-state index contributed by atoms with van der Waals surface area (Å²) in [5, 5.41) is 13.1. The summed E-state index contributed by atoms with van der Waals surface area (Å²) in [7, 11) is 1.73. The molecule has 2 rings (SSSR count). The molecule has 2 N–H and O–H groups in total. The average Bonchev–Trinajstić information content (AvgIpc) is 2.83. The maximum absolute atomic E-state index is 11.4. The number of benzene rings is 1. The average molecular weight is 231 g/mol. The summed E-state index contributed by atoms with van der Waals surface area (Å²) in [4.78, 5) is 11.4. The van der Waals surface area contributed by atoms with E-state index in [0.717, 1.165) is 11.4 Å². The van der Waals surface area contributed by atoms with Gasteiger partial charge in [0, 0.05) is 5.69 Å². The van der Waals surface area contributed by atoms with Crippen LogP contribution in [0.3, 0.4) is 0 Å². The van der Waals surface area contributed by atoms with Crippen LogP contribution >= 0.6 is 0 Å². The van der Waals surface area contributed by atoms with Crippen LogP contribution in [0.2, 0.25) is 0 Å². The Morgan fingerprint density at radius 3 is 2.82 bits per heavy atom. The van der Waals surface area contributed by atoms with Crippen molar-refractivity contribution in [3.8, 4) is 5.69 Å². The van der Waals surface area contributed by atoms with Gasteiger partial charge in [-0.25, -0.2) is 0 Å². The molecule has 1 aromatic heterocycles. The number of anilines is 1. The molecule has 1 aromatic carbocycles. The summed E-state index contributed by atoms with van der Waals surface area (Å²) in [6, 6.07) is 7.47. The molecule has 0 saturated heterocycles. The van der Waals surface area contributed by atoms with Crippen molar-refractivity contribution in [3.63, 3.8) is 0 Å². The number of nitrogens with zero attached hydrogens (tertiary/aromatic N) is 3. The minimum atomic E-state index is -0.0755. The molecule has 0 aliphatic rings. The van der Waals surface area contributed by atoms with E-state index >= 15 is 0 Å². The van der Waals surface area contributed by atoms with Crippen molar-refractivity contribution in [3.05, 3.63) is 36.9 Å². The first-order chi connectivity index (χ1) is 8.29. The molecule has 6 nitrogen and oxygen atoms in total. The molecule has 0 fully saturated rings. The van der Waals surface area contributed by atoms with Crippen molar-refractivity contribution in [1.29, 1.82) is 0 Å². The fourth-order valence-corrected chi connectivity index (χ4v) is 1.44. The van der Waals surface area contributed by atoms with Gasteiger partial charge in [0.05, 0.1) is 12.2 Å². The third-order valence-electron chi connectivity index (χ3n) is 2.18. The van der Waals surface area contributed by atoms with Crippen molar-refractivity contribution >= 4 is 11.6 Å². The first kappa shape index (κ1) is 11.3. The van der Waals surface area contributed by atoms with Crippen molar-refractivity contribution in [2.45, 2.75) is 0 Å². The van der Waals surface area contributed by atoms with Gasteiger partial charge in [0.1, 0.15) is 12.7 Å². The number of aromatic nitrogens is 3. The zero-order valence-corrected chi connectivity index (χ0v) is 9.42. The number of hydrogen-bond donors (Lipinski definition) is 2. The molecule has 0 unspecified atom stereocenters. The van der Waals surface area contributed by atoms with Crippen LogP contribution in [0.5, 0.6) is 0 Å². The van der Waals surface area contributed by atoms with Crippen LogP contribution in [0.1, 0.15) is 0 Å². The molecule has 0 atom stereocenters. The second-order valence-corrected chi connectivity index (χ2v) is 3.50. The predicted molar refractivity (Wildman–Crippen MR) is 63.9 cm³/mol. The highest BCUT2D eigenvalue weighted by atomic mass is 16.1. The van der Waals surface area contributed by atoms with Crippen molar-refractivity contribution in [2.24, 2.45) is 0 Å². The molecule has 2 aromatic rings. The number of amides is 1. The van der Waals surface area contributed by atoms with Gasteiger partial charge in [-0.1, -0.05) is 6.07 Å². The second kappa shape index (κ2) is 5.22.